The maximum absolute atomic E-state index is 4.51. The van der Waals surface area contributed by atoms with E-state index in [9.17, 15) is 0 Å². The Balaban J connectivity index is 1.73. The van der Waals surface area contributed by atoms with Crippen molar-refractivity contribution in [3.05, 3.63) is 35.0 Å². The number of hydrogen-bond acceptors (Lipinski definition) is 5. The Bertz CT molecular complexity index is 633. The van der Waals surface area contributed by atoms with E-state index in [1.807, 2.05) is 11.6 Å². The van der Waals surface area contributed by atoms with Crippen molar-refractivity contribution in [1.29, 1.82) is 0 Å². The average Bonchev–Trinajstić information content (AvgIpc) is 2.77. The van der Waals surface area contributed by atoms with E-state index in [0.717, 1.165) is 43.3 Å². The molecule has 1 aliphatic rings. The molecule has 3 rings (SSSR count). The molecule has 2 aromatic rings. The molecular weight excluding hydrogens is 264 g/mol. The quantitative estimate of drug-likeness (QED) is 0.890. The first-order valence-corrected chi connectivity index (χ1v) is 7.44. The van der Waals surface area contributed by atoms with Gasteiger partial charge in [0.2, 0.25) is 0 Å². The van der Waals surface area contributed by atoms with E-state index in [-0.39, 0.29) is 6.04 Å². The van der Waals surface area contributed by atoms with Crippen LogP contribution in [0, 0.1) is 13.8 Å². The molecule has 1 aliphatic heterocycles. The number of aromatic nitrogens is 4. The Labute approximate surface area is 125 Å². The van der Waals surface area contributed by atoms with Crippen molar-refractivity contribution in [3.63, 3.8) is 0 Å². The number of rotatable bonds is 4. The number of hydrogen-bond donors (Lipinski definition) is 2. The molecule has 6 nitrogen and oxygen atoms in total. The third-order valence-electron chi connectivity index (χ3n) is 3.81. The van der Waals surface area contributed by atoms with Crippen LogP contribution in [0.25, 0.3) is 0 Å². The minimum absolute atomic E-state index is 0.261. The van der Waals surface area contributed by atoms with Gasteiger partial charge in [-0.3, -0.25) is 4.68 Å². The van der Waals surface area contributed by atoms with Crippen LogP contribution in [0.2, 0.25) is 0 Å². The second-order valence-corrected chi connectivity index (χ2v) is 5.73. The molecule has 2 N–H and O–H groups in total. The summed E-state index contributed by atoms with van der Waals surface area (Å²) in [7, 11) is 0. The molecule has 21 heavy (non-hydrogen) atoms. The van der Waals surface area contributed by atoms with E-state index >= 15 is 0 Å². The van der Waals surface area contributed by atoms with Gasteiger partial charge in [0, 0.05) is 23.8 Å². The first-order valence-electron chi connectivity index (χ1n) is 7.44. The average molecular weight is 286 g/mol. The first kappa shape index (κ1) is 14.0. The van der Waals surface area contributed by atoms with Gasteiger partial charge in [0.25, 0.3) is 0 Å². The Morgan fingerprint density at radius 2 is 2.24 bits per heavy atom. The Hall–Kier alpha value is -1.95. The van der Waals surface area contributed by atoms with Crippen LogP contribution < -0.4 is 10.6 Å². The van der Waals surface area contributed by atoms with Gasteiger partial charge in [-0.2, -0.15) is 5.10 Å². The number of nitrogens with one attached hydrogen (secondary N) is 2. The minimum Gasteiger partial charge on any atom is -0.365 e. The lowest BCUT2D eigenvalue weighted by Gasteiger charge is -2.22. The smallest absolute Gasteiger partial charge is 0.133 e. The number of nitrogens with zero attached hydrogens (tertiary/aromatic N) is 4. The predicted molar refractivity (Wildman–Crippen MR) is 82.2 cm³/mol. The van der Waals surface area contributed by atoms with Crippen LogP contribution >= 0.6 is 0 Å². The normalized spacial score (nSPS) is 15.6. The van der Waals surface area contributed by atoms with Crippen molar-refractivity contribution < 1.29 is 0 Å². The lowest BCUT2D eigenvalue weighted by Crippen LogP contribution is -2.29. The zero-order valence-electron chi connectivity index (χ0n) is 12.8. The topological polar surface area (TPSA) is 67.7 Å². The SMILES string of the molecule is Cc1cc(C)n(C[C@H](C)Nc2ncnc3c2CCNC3)n1. The van der Waals surface area contributed by atoms with Crippen molar-refractivity contribution in [3.8, 4) is 0 Å². The van der Waals surface area contributed by atoms with Gasteiger partial charge in [-0.1, -0.05) is 0 Å². The van der Waals surface area contributed by atoms with E-state index < -0.39 is 0 Å². The fourth-order valence-corrected chi connectivity index (χ4v) is 2.81. The standard InChI is InChI=1S/C15H22N6/c1-10-6-12(3)21(20-10)8-11(2)19-15-13-4-5-16-7-14(13)17-9-18-15/h6,9,11,16H,4-5,7-8H2,1-3H3,(H,17,18,19)/t11-/m0/s1. The number of anilines is 1. The molecule has 6 heteroatoms. The molecule has 0 aliphatic carbocycles. The van der Waals surface area contributed by atoms with Gasteiger partial charge in [0.15, 0.2) is 0 Å². The van der Waals surface area contributed by atoms with E-state index in [1.165, 1.54) is 11.3 Å². The van der Waals surface area contributed by atoms with Crippen LogP contribution in [-0.4, -0.2) is 32.3 Å². The summed E-state index contributed by atoms with van der Waals surface area (Å²) in [6.45, 7) is 8.92. The molecule has 0 saturated heterocycles. The highest BCUT2D eigenvalue weighted by molar-refractivity contribution is 5.47. The van der Waals surface area contributed by atoms with Crippen LogP contribution in [-0.2, 0) is 19.5 Å². The monoisotopic (exact) mass is 286 g/mol. The summed E-state index contributed by atoms with van der Waals surface area (Å²) in [6.07, 6.45) is 2.62. The Morgan fingerprint density at radius 3 is 3.00 bits per heavy atom. The van der Waals surface area contributed by atoms with Gasteiger partial charge >= 0.3 is 0 Å². The summed E-state index contributed by atoms with van der Waals surface area (Å²) < 4.78 is 2.04. The number of aryl methyl sites for hydroxylation is 2. The molecule has 0 radical (unpaired) electrons. The molecule has 112 valence electrons. The summed E-state index contributed by atoms with van der Waals surface area (Å²) in [5.41, 5.74) is 4.61. The molecule has 1 atom stereocenters. The highest BCUT2D eigenvalue weighted by atomic mass is 15.3. The highest BCUT2D eigenvalue weighted by Crippen LogP contribution is 2.19. The maximum atomic E-state index is 4.51. The molecular formula is C15H22N6. The molecule has 0 spiro atoms. The van der Waals surface area contributed by atoms with E-state index in [1.54, 1.807) is 6.33 Å². The molecule has 0 amide bonds. The van der Waals surface area contributed by atoms with Crippen molar-refractivity contribution in [2.45, 2.75) is 46.3 Å². The summed E-state index contributed by atoms with van der Waals surface area (Å²) in [6, 6.07) is 2.36. The fourth-order valence-electron chi connectivity index (χ4n) is 2.81. The van der Waals surface area contributed by atoms with Crippen LogP contribution in [0.5, 0.6) is 0 Å². The van der Waals surface area contributed by atoms with Gasteiger partial charge in [0.05, 0.1) is 17.9 Å². The van der Waals surface area contributed by atoms with E-state index in [0.29, 0.717) is 0 Å². The fraction of sp³-hybridized carbons (Fsp3) is 0.533. The van der Waals surface area contributed by atoms with Crippen molar-refractivity contribution >= 4 is 5.82 Å². The summed E-state index contributed by atoms with van der Waals surface area (Å²) in [5.74, 6) is 0.968. The third kappa shape index (κ3) is 3.05. The molecule has 3 heterocycles. The zero-order valence-corrected chi connectivity index (χ0v) is 12.8. The van der Waals surface area contributed by atoms with E-state index in [4.69, 9.17) is 0 Å². The minimum atomic E-state index is 0.261. The summed E-state index contributed by atoms with van der Waals surface area (Å²) in [4.78, 5) is 8.78. The number of fused-ring (bicyclic) bond motifs is 1. The lowest BCUT2D eigenvalue weighted by molar-refractivity contribution is 0.542. The second-order valence-electron chi connectivity index (χ2n) is 5.73. The first-order chi connectivity index (χ1) is 10.1. The maximum Gasteiger partial charge on any atom is 0.133 e. The van der Waals surface area contributed by atoms with Crippen LogP contribution in [0.15, 0.2) is 12.4 Å². The van der Waals surface area contributed by atoms with Crippen LogP contribution in [0.3, 0.4) is 0 Å². The molecule has 0 saturated carbocycles. The van der Waals surface area contributed by atoms with Gasteiger partial charge < -0.3 is 10.6 Å². The largest absolute Gasteiger partial charge is 0.365 e. The third-order valence-corrected chi connectivity index (χ3v) is 3.81. The molecule has 0 aromatic carbocycles. The van der Waals surface area contributed by atoms with Crippen molar-refractivity contribution in [2.24, 2.45) is 0 Å². The summed E-state index contributed by atoms with van der Waals surface area (Å²) >= 11 is 0. The van der Waals surface area contributed by atoms with Gasteiger partial charge in [-0.05, 0) is 39.8 Å². The van der Waals surface area contributed by atoms with E-state index in [2.05, 4.69) is 45.6 Å². The van der Waals surface area contributed by atoms with Crippen LogP contribution in [0.1, 0.15) is 29.6 Å². The molecule has 0 bridgehead atoms. The Morgan fingerprint density at radius 1 is 1.38 bits per heavy atom. The van der Waals surface area contributed by atoms with Crippen LogP contribution in [0.4, 0.5) is 5.82 Å². The van der Waals surface area contributed by atoms with Crippen molar-refractivity contribution in [2.75, 3.05) is 11.9 Å². The molecule has 0 fully saturated rings. The van der Waals surface area contributed by atoms with Gasteiger partial charge in [-0.25, -0.2) is 9.97 Å². The second kappa shape index (κ2) is 5.81. The highest BCUT2D eigenvalue weighted by Gasteiger charge is 2.16. The summed E-state index contributed by atoms with van der Waals surface area (Å²) in [5, 5.41) is 11.4. The lowest BCUT2D eigenvalue weighted by atomic mass is 10.1. The van der Waals surface area contributed by atoms with Crippen molar-refractivity contribution in [1.82, 2.24) is 25.1 Å². The zero-order chi connectivity index (χ0) is 14.8. The van der Waals surface area contributed by atoms with Gasteiger partial charge in [0.1, 0.15) is 12.1 Å². The molecule has 2 aromatic heterocycles. The van der Waals surface area contributed by atoms with Gasteiger partial charge in [-0.15, -0.1) is 0 Å². The molecule has 0 unspecified atom stereocenters. The predicted octanol–water partition coefficient (Wildman–Crippen LogP) is 1.44. The Kier molecular flexibility index (Phi) is 3.88.